The number of benzene rings is 8. The van der Waals surface area contributed by atoms with E-state index in [9.17, 15) is 26.9 Å². The fraction of sp³-hybridized carbons (Fsp3) is 0.229. The van der Waals surface area contributed by atoms with Crippen LogP contribution in [0.2, 0.25) is 0 Å². The smallest absolute Gasteiger partial charge is 0.505 e. The maximum Gasteiger partial charge on any atom is 0.796 e. The van der Waals surface area contributed by atoms with Gasteiger partial charge in [-0.25, -0.2) is 17.3 Å². The van der Waals surface area contributed by atoms with E-state index < -0.39 is 26.5 Å². The van der Waals surface area contributed by atoms with Gasteiger partial charge in [0.25, 0.3) is 0 Å². The second kappa shape index (κ2) is 29.9. The van der Waals surface area contributed by atoms with E-state index in [1.165, 1.54) is 70.6 Å². The highest BCUT2D eigenvalue weighted by atomic mass is 19.2. The molecule has 7 nitrogen and oxygen atoms in total. The maximum absolute atomic E-state index is 14.3. The van der Waals surface area contributed by atoms with Gasteiger partial charge >= 0.3 is 14.9 Å². The van der Waals surface area contributed by atoms with Crippen molar-refractivity contribution in [3.05, 3.63) is 241 Å². The summed E-state index contributed by atoms with van der Waals surface area (Å²) in [5, 5.41) is 1.32. The van der Waals surface area contributed by atoms with Crippen LogP contribution in [0.5, 0.6) is 0 Å². The van der Waals surface area contributed by atoms with Gasteiger partial charge in [-0.05, 0) is 140 Å². The molecule has 422 valence electrons. The predicted octanol–water partition coefficient (Wildman–Crippen LogP) is 20.5. The highest BCUT2D eigenvalue weighted by molar-refractivity contribution is 6.36. The Labute approximate surface area is 486 Å². The molecular weight excluding hydrogens is 1040 g/mol. The Morgan fingerprint density at radius 3 is 0.988 bits per heavy atom. The van der Waals surface area contributed by atoms with Gasteiger partial charge in [-0.1, -0.05) is 163 Å². The number of unbranched alkanes of at least 4 members (excludes halogenated alkanes) is 13. The van der Waals surface area contributed by atoms with Crippen molar-refractivity contribution in [2.45, 2.75) is 103 Å². The average Bonchev–Trinajstić information content (AvgIpc) is 4.09. The average molecular weight is 1110 g/mol. The van der Waals surface area contributed by atoms with Crippen molar-refractivity contribution in [3.63, 3.8) is 0 Å². The number of rotatable bonds is 31. The summed E-state index contributed by atoms with van der Waals surface area (Å²) in [6, 6.07) is 63.3. The Bertz CT molecular complexity index is 3270. The lowest BCUT2D eigenvalue weighted by Crippen LogP contribution is -2.10. The zero-order valence-electron chi connectivity index (χ0n) is 47.0. The van der Waals surface area contributed by atoms with Gasteiger partial charge in [-0.3, -0.25) is 9.59 Å². The van der Waals surface area contributed by atoms with Crippen LogP contribution in [0.1, 0.15) is 129 Å². The lowest BCUT2D eigenvalue weighted by Gasteiger charge is -2.25. The zero-order chi connectivity index (χ0) is 57.8. The molecule has 13 heteroatoms. The molecule has 0 unspecified atom stereocenters. The van der Waals surface area contributed by atoms with Gasteiger partial charge in [0.1, 0.15) is 11.5 Å². The molecule has 0 radical (unpaired) electrons. The molecule has 0 aliphatic heterocycles. The van der Waals surface area contributed by atoms with Crippen LogP contribution >= 0.6 is 0 Å². The number of allylic oxidation sites excluding steroid dienone is 2. The minimum atomic E-state index is -3.21. The van der Waals surface area contributed by atoms with E-state index in [0.717, 1.165) is 76.6 Å². The maximum atomic E-state index is 14.3. The van der Waals surface area contributed by atoms with Crippen LogP contribution in [0.25, 0.3) is 33.3 Å². The topological polar surface area (TPSA) is 64.0 Å². The molecule has 0 atom stereocenters. The number of para-hydroxylation sites is 4. The Morgan fingerprint density at radius 1 is 0.386 bits per heavy atom. The van der Waals surface area contributed by atoms with E-state index in [-0.39, 0.29) is 33.8 Å². The molecule has 0 spiro atoms. The van der Waals surface area contributed by atoms with E-state index in [1.54, 1.807) is 72.8 Å². The van der Waals surface area contributed by atoms with Crippen molar-refractivity contribution in [1.82, 2.24) is 4.57 Å². The molecular formula is C70H69B2F4N3O4. The molecule has 83 heavy (non-hydrogen) atoms. The van der Waals surface area contributed by atoms with E-state index in [0.29, 0.717) is 17.3 Å². The molecule has 8 aromatic carbocycles. The summed E-state index contributed by atoms with van der Waals surface area (Å²) in [6.07, 6.45) is 19.4. The number of hydrogen-bond donors (Lipinski definition) is 0. The minimum absolute atomic E-state index is 0.213. The summed E-state index contributed by atoms with van der Waals surface area (Å²) >= 11 is 0. The van der Waals surface area contributed by atoms with Crippen molar-refractivity contribution in [1.29, 1.82) is 0 Å². The second-order valence-electron chi connectivity index (χ2n) is 20.8. The van der Waals surface area contributed by atoms with Crippen LogP contribution < -0.4 is 9.80 Å². The standard InChI is InChI=1S/C70H69B2F4N3O4/c1-2-3-4-5-6-7-8-9-10-11-12-13-14-27-48-77-65-46-40-55(67(80)51-69(82-71(73)74)53-36-42-61(43-37-53)78(57-28-19-15-20-29-57)58-30-21-16-22-31-58)49-63(65)64-50-56(41-47-66(64)77)68(81)52-70(83-72(75)76)54-38-44-62(45-39-54)79(59-32-23-17-24-33-59)60-34-25-18-26-35-60/h15-26,28-47,49-52H,2-14,27,48H2,1H3/b69-51-,70-52-. The Kier molecular flexibility index (Phi) is 21.3. The van der Waals surface area contributed by atoms with Gasteiger partial charge in [-0.2, -0.15) is 0 Å². The molecule has 0 aliphatic carbocycles. The summed E-state index contributed by atoms with van der Waals surface area (Å²) < 4.78 is 69.0. The number of halogens is 4. The SMILES string of the molecule is CCCCCCCCCCCCCCCCn1c2ccc(C(=O)/C=C(\OB(F)F)c3ccc(N(c4ccccc4)c4ccccc4)cc3)cc2c2cc(C(=O)/C=C(\OB(F)F)c3ccc(N(c4ccccc4)c4ccccc4)cc3)ccc21. The number of carbonyl (C=O) groups is 2. The molecule has 0 N–H and O–H groups in total. The van der Waals surface area contributed by atoms with Crippen molar-refractivity contribution in [2.75, 3.05) is 9.80 Å². The fourth-order valence-corrected chi connectivity index (χ4v) is 10.8. The molecule has 0 bridgehead atoms. The number of anilines is 6. The Hall–Kier alpha value is -8.57. The zero-order valence-corrected chi connectivity index (χ0v) is 47.0. The summed E-state index contributed by atoms with van der Waals surface area (Å²) in [4.78, 5) is 32.7. The first-order valence-electron chi connectivity index (χ1n) is 29.1. The van der Waals surface area contributed by atoms with E-state index in [4.69, 9.17) is 9.31 Å². The van der Waals surface area contributed by atoms with E-state index >= 15 is 0 Å². The lowest BCUT2D eigenvalue weighted by molar-refractivity contribution is 0.103. The van der Waals surface area contributed by atoms with Crippen molar-refractivity contribution < 1.29 is 36.2 Å². The van der Waals surface area contributed by atoms with Crippen LogP contribution in [0.4, 0.5) is 51.4 Å². The summed E-state index contributed by atoms with van der Waals surface area (Å²) in [5.41, 5.74) is 7.73. The molecule has 0 amide bonds. The predicted molar refractivity (Wildman–Crippen MR) is 335 cm³/mol. The number of hydrogen-bond acceptors (Lipinski definition) is 6. The lowest BCUT2D eigenvalue weighted by atomic mass is 10.0. The number of nitrogens with zero attached hydrogens (tertiary/aromatic N) is 3. The Balaban J connectivity index is 0.994. The first-order valence-corrected chi connectivity index (χ1v) is 29.1. The van der Waals surface area contributed by atoms with Crippen molar-refractivity contribution in [3.8, 4) is 0 Å². The van der Waals surface area contributed by atoms with Crippen molar-refractivity contribution in [2.24, 2.45) is 0 Å². The first kappa shape index (κ1) is 59.1. The summed E-state index contributed by atoms with van der Waals surface area (Å²) in [6.45, 7) is 2.92. The molecule has 1 aromatic heterocycles. The molecule has 0 aliphatic rings. The van der Waals surface area contributed by atoms with Gasteiger partial charge < -0.3 is 23.7 Å². The molecule has 1 heterocycles. The van der Waals surface area contributed by atoms with E-state index in [2.05, 4.69) is 11.5 Å². The van der Waals surface area contributed by atoms with Gasteiger partial charge in [0.05, 0.1) is 0 Å². The van der Waals surface area contributed by atoms with Crippen LogP contribution in [0, 0.1) is 0 Å². The number of aromatic nitrogens is 1. The quantitative estimate of drug-likeness (QED) is 0.0108. The second-order valence-corrected chi connectivity index (χ2v) is 20.8. The first-order chi connectivity index (χ1) is 40.6. The van der Waals surface area contributed by atoms with Crippen molar-refractivity contribution >= 4 is 94.0 Å². The van der Waals surface area contributed by atoms with Gasteiger partial charge in [0.2, 0.25) is 0 Å². The van der Waals surface area contributed by atoms with Gasteiger partial charge in [0.15, 0.2) is 11.6 Å². The van der Waals surface area contributed by atoms with Gasteiger partial charge in [-0.15, -0.1) is 0 Å². The Morgan fingerprint density at radius 2 is 0.675 bits per heavy atom. The largest absolute Gasteiger partial charge is 0.796 e. The molecule has 0 fully saturated rings. The number of fused-ring (bicyclic) bond motifs is 3. The summed E-state index contributed by atoms with van der Waals surface area (Å²) in [7, 11) is -6.43. The molecule has 0 saturated carbocycles. The van der Waals surface area contributed by atoms with Crippen LogP contribution in [-0.2, 0) is 15.9 Å². The number of carbonyl (C=O) groups excluding carboxylic acids is 2. The van der Waals surface area contributed by atoms with Gasteiger partial charge in [0, 0.05) is 96.9 Å². The van der Waals surface area contributed by atoms with Crippen LogP contribution in [0.15, 0.2) is 218 Å². The molecule has 9 rings (SSSR count). The molecule has 9 aromatic rings. The third kappa shape index (κ3) is 15.9. The van der Waals surface area contributed by atoms with E-state index in [1.807, 2.05) is 143 Å². The third-order valence-corrected chi connectivity index (χ3v) is 15.0. The highest BCUT2D eigenvalue weighted by Gasteiger charge is 2.25. The number of aryl methyl sites for hydroxylation is 1. The third-order valence-electron chi connectivity index (χ3n) is 15.0. The fourth-order valence-electron chi connectivity index (χ4n) is 10.8. The number of ketones is 2. The monoisotopic (exact) mass is 1110 g/mol. The summed E-state index contributed by atoms with van der Waals surface area (Å²) in [5.74, 6) is -1.74. The van der Waals surface area contributed by atoms with Crippen LogP contribution in [-0.4, -0.2) is 31.1 Å². The van der Waals surface area contributed by atoms with Crippen LogP contribution in [0.3, 0.4) is 0 Å². The normalized spacial score (nSPS) is 11.7. The molecule has 0 saturated heterocycles. The minimum Gasteiger partial charge on any atom is -0.505 e. The highest BCUT2D eigenvalue weighted by Crippen LogP contribution is 2.38.